The third-order valence-corrected chi connectivity index (χ3v) is 15.4. The molecule has 0 N–H and O–H groups in total. The van der Waals surface area contributed by atoms with Crippen LogP contribution in [0, 0.1) is 23.7 Å². The van der Waals surface area contributed by atoms with Crippen LogP contribution < -0.4 is 4.90 Å². The van der Waals surface area contributed by atoms with Gasteiger partial charge < -0.3 is 4.90 Å². The molecule has 0 unspecified atom stereocenters. The van der Waals surface area contributed by atoms with Gasteiger partial charge in [0.15, 0.2) is 0 Å². The number of hydrogen-bond acceptors (Lipinski definition) is 2. The van der Waals surface area contributed by atoms with Crippen LogP contribution in [-0.4, -0.2) is 0 Å². The van der Waals surface area contributed by atoms with Gasteiger partial charge in [0.2, 0.25) is 0 Å². The second kappa shape index (κ2) is 10.0. The van der Waals surface area contributed by atoms with E-state index in [2.05, 4.69) is 146 Å². The van der Waals surface area contributed by atoms with Gasteiger partial charge in [-0.1, -0.05) is 105 Å². The Kier molecular flexibility index (Phi) is 5.69. The molecule has 13 rings (SSSR count). The first-order valence-electron chi connectivity index (χ1n) is 19.2. The van der Waals surface area contributed by atoms with E-state index >= 15 is 0 Å². The van der Waals surface area contributed by atoms with Crippen LogP contribution in [0.2, 0.25) is 0 Å². The van der Waals surface area contributed by atoms with Crippen LogP contribution in [0.1, 0.15) is 68.2 Å². The number of benzene rings is 6. The summed E-state index contributed by atoms with van der Waals surface area (Å²) in [5.74, 6) is 3.32. The molecule has 0 amide bonds. The molecule has 0 radical (unpaired) electrons. The van der Waals surface area contributed by atoms with Gasteiger partial charge in [-0.2, -0.15) is 0 Å². The van der Waals surface area contributed by atoms with Crippen LogP contribution in [0.5, 0.6) is 0 Å². The third-order valence-electron chi connectivity index (χ3n) is 14.2. The molecule has 1 heterocycles. The topological polar surface area (TPSA) is 3.24 Å². The van der Waals surface area contributed by atoms with Gasteiger partial charge in [0.25, 0.3) is 0 Å². The molecule has 4 fully saturated rings. The maximum absolute atomic E-state index is 2.68. The molecule has 6 aromatic carbocycles. The van der Waals surface area contributed by atoms with Crippen molar-refractivity contribution in [1.82, 2.24) is 0 Å². The summed E-state index contributed by atoms with van der Waals surface area (Å²) in [6.45, 7) is 4.81. The summed E-state index contributed by atoms with van der Waals surface area (Å²) < 4.78 is 2.69. The van der Waals surface area contributed by atoms with E-state index in [1.807, 2.05) is 11.3 Å². The minimum Gasteiger partial charge on any atom is -0.309 e. The first-order chi connectivity index (χ1) is 25.0. The van der Waals surface area contributed by atoms with Crippen molar-refractivity contribution >= 4 is 48.6 Å². The van der Waals surface area contributed by atoms with E-state index in [1.165, 1.54) is 103 Å². The predicted octanol–water partition coefficient (Wildman–Crippen LogP) is 13.6. The molecular formula is C49H41NS. The van der Waals surface area contributed by atoms with E-state index in [9.17, 15) is 0 Å². The van der Waals surface area contributed by atoms with Crippen LogP contribution in [0.25, 0.3) is 42.4 Å². The van der Waals surface area contributed by atoms with Crippen molar-refractivity contribution in [3.8, 4) is 22.3 Å². The number of nitrogens with zero attached hydrogens (tertiary/aromatic N) is 1. The lowest BCUT2D eigenvalue weighted by Crippen LogP contribution is -2.55. The Morgan fingerprint density at radius 2 is 1.16 bits per heavy atom. The van der Waals surface area contributed by atoms with Crippen LogP contribution in [0.15, 0.2) is 127 Å². The van der Waals surface area contributed by atoms with Gasteiger partial charge in [0.05, 0.1) is 11.4 Å². The molecule has 248 valence electrons. The Labute approximate surface area is 304 Å². The highest BCUT2D eigenvalue weighted by Crippen LogP contribution is 2.70. The van der Waals surface area contributed by atoms with E-state index in [0.717, 1.165) is 23.7 Å². The molecule has 0 saturated heterocycles. The summed E-state index contributed by atoms with van der Waals surface area (Å²) in [4.78, 5) is 2.66. The molecule has 6 aliphatic rings. The summed E-state index contributed by atoms with van der Waals surface area (Å²) in [6, 6.07) is 49.3. The number of hydrogen-bond donors (Lipinski definition) is 0. The Hall–Kier alpha value is -4.66. The van der Waals surface area contributed by atoms with Crippen LogP contribution in [0.3, 0.4) is 0 Å². The molecule has 1 aromatic heterocycles. The SMILES string of the molecule is CC1(C)c2ccccc2-c2c(N(c3ccc4c(c3)C3(c5ccccc5-4)C4CC5CC(C4)CC3C5)c3cccc4sc5ccccc5c34)cccc21. The smallest absolute Gasteiger partial charge is 0.0555 e. The monoisotopic (exact) mass is 675 g/mol. The summed E-state index contributed by atoms with van der Waals surface area (Å²) in [7, 11) is 0. The summed E-state index contributed by atoms with van der Waals surface area (Å²) >= 11 is 1.92. The Balaban J connectivity index is 1.16. The molecule has 1 nitrogen and oxygen atoms in total. The second-order valence-electron chi connectivity index (χ2n) is 16.9. The highest BCUT2D eigenvalue weighted by atomic mass is 32.1. The predicted molar refractivity (Wildman–Crippen MR) is 215 cm³/mol. The van der Waals surface area contributed by atoms with E-state index in [-0.39, 0.29) is 10.8 Å². The fourth-order valence-corrected chi connectivity index (χ4v) is 13.7. The first-order valence-corrected chi connectivity index (χ1v) is 20.0. The highest BCUT2D eigenvalue weighted by Gasteiger charge is 2.61. The first kappa shape index (κ1) is 29.0. The molecule has 2 heteroatoms. The Morgan fingerprint density at radius 1 is 0.529 bits per heavy atom. The minimum absolute atomic E-state index is 0.0707. The number of anilines is 3. The maximum atomic E-state index is 2.68. The molecule has 51 heavy (non-hydrogen) atoms. The summed E-state index contributed by atoms with van der Waals surface area (Å²) in [5, 5.41) is 2.70. The van der Waals surface area contributed by atoms with Crippen LogP contribution in [0.4, 0.5) is 17.1 Å². The zero-order valence-corrected chi connectivity index (χ0v) is 30.1. The van der Waals surface area contributed by atoms with E-state index in [4.69, 9.17) is 0 Å². The van der Waals surface area contributed by atoms with Gasteiger partial charge in [-0.25, -0.2) is 0 Å². The Bertz CT molecular complexity index is 2570. The zero-order chi connectivity index (χ0) is 33.6. The maximum Gasteiger partial charge on any atom is 0.0555 e. The van der Waals surface area contributed by atoms with Gasteiger partial charge in [0, 0.05) is 42.3 Å². The average Bonchev–Trinajstić information content (AvgIpc) is 3.75. The molecule has 0 atom stereocenters. The standard InChI is InChI=1S/C49H41NS/c1-48(2)38-14-6-4-12-36(38)46-40(48)16-9-17-42(46)50(43-18-10-20-45-47(43)37-13-5-8-19-44(37)51-45)33-21-22-35-34-11-3-7-15-39(34)49(41(35)28-33)31-24-29-23-30(26-31)27-32(49)25-29/h3-22,28-32H,23-27H2,1-2H3. The fourth-order valence-electron chi connectivity index (χ4n) is 12.6. The van der Waals surface area contributed by atoms with Gasteiger partial charge in [-0.3, -0.25) is 0 Å². The van der Waals surface area contributed by atoms with Crippen LogP contribution in [-0.2, 0) is 10.8 Å². The Morgan fingerprint density at radius 3 is 1.98 bits per heavy atom. The van der Waals surface area contributed by atoms with E-state index < -0.39 is 0 Å². The van der Waals surface area contributed by atoms with Crippen molar-refractivity contribution in [3.63, 3.8) is 0 Å². The number of fused-ring (bicyclic) bond motifs is 9. The lowest BCUT2D eigenvalue weighted by molar-refractivity contribution is -0.0399. The lowest BCUT2D eigenvalue weighted by Gasteiger charge is -2.61. The minimum atomic E-state index is -0.0707. The molecule has 4 bridgehead atoms. The van der Waals surface area contributed by atoms with Gasteiger partial charge in [0.1, 0.15) is 0 Å². The molecule has 7 aromatic rings. The zero-order valence-electron chi connectivity index (χ0n) is 29.3. The van der Waals surface area contributed by atoms with Crippen molar-refractivity contribution in [2.45, 2.75) is 56.8 Å². The van der Waals surface area contributed by atoms with Crippen molar-refractivity contribution in [3.05, 3.63) is 150 Å². The molecule has 4 saturated carbocycles. The van der Waals surface area contributed by atoms with E-state index in [0.29, 0.717) is 0 Å². The molecular weight excluding hydrogens is 635 g/mol. The lowest BCUT2D eigenvalue weighted by atomic mass is 9.43. The molecule has 6 aliphatic carbocycles. The summed E-state index contributed by atoms with van der Waals surface area (Å²) in [5.41, 5.74) is 15.7. The second-order valence-corrected chi connectivity index (χ2v) is 18.0. The average molecular weight is 676 g/mol. The van der Waals surface area contributed by atoms with Gasteiger partial charge in [-0.15, -0.1) is 11.3 Å². The van der Waals surface area contributed by atoms with E-state index in [1.54, 1.807) is 11.1 Å². The highest BCUT2D eigenvalue weighted by molar-refractivity contribution is 7.26. The number of thiophene rings is 1. The molecule has 0 aliphatic heterocycles. The van der Waals surface area contributed by atoms with Crippen LogP contribution >= 0.6 is 11.3 Å². The van der Waals surface area contributed by atoms with Gasteiger partial charge >= 0.3 is 0 Å². The normalized spacial score (nSPS) is 25.7. The third kappa shape index (κ3) is 3.62. The molecule has 1 spiro atoms. The van der Waals surface area contributed by atoms with Crippen molar-refractivity contribution < 1.29 is 0 Å². The summed E-state index contributed by atoms with van der Waals surface area (Å²) in [6.07, 6.45) is 7.06. The largest absolute Gasteiger partial charge is 0.309 e. The number of rotatable bonds is 3. The quantitative estimate of drug-likeness (QED) is 0.180. The van der Waals surface area contributed by atoms with Crippen molar-refractivity contribution in [1.29, 1.82) is 0 Å². The van der Waals surface area contributed by atoms with Gasteiger partial charge in [-0.05, 0) is 131 Å². The fraction of sp³-hybridized carbons (Fsp3) is 0.265. The van der Waals surface area contributed by atoms with Crippen molar-refractivity contribution in [2.24, 2.45) is 23.7 Å². The van der Waals surface area contributed by atoms with Crippen molar-refractivity contribution in [2.75, 3.05) is 4.90 Å².